The van der Waals surface area contributed by atoms with E-state index in [0.717, 1.165) is 18.7 Å². The highest BCUT2D eigenvalue weighted by Gasteiger charge is 2.30. The molecule has 1 fully saturated rings. The van der Waals surface area contributed by atoms with E-state index in [0.29, 0.717) is 12.6 Å². The summed E-state index contributed by atoms with van der Waals surface area (Å²) >= 11 is 0. The van der Waals surface area contributed by atoms with Crippen molar-refractivity contribution in [1.82, 2.24) is 15.2 Å². The molecule has 0 spiro atoms. The maximum Gasteiger partial charge on any atom is 0.236 e. The summed E-state index contributed by atoms with van der Waals surface area (Å²) in [7, 11) is 0. The minimum absolute atomic E-state index is 0.212. The number of amides is 1. The van der Waals surface area contributed by atoms with Gasteiger partial charge in [0, 0.05) is 31.5 Å². The first kappa shape index (κ1) is 12.0. The van der Waals surface area contributed by atoms with Gasteiger partial charge in [-0.15, -0.1) is 0 Å². The fraction of sp³-hybridized carbons (Fsp3) is 0.538. The van der Waals surface area contributed by atoms with Crippen molar-refractivity contribution in [1.29, 1.82) is 0 Å². The van der Waals surface area contributed by atoms with Gasteiger partial charge in [-0.25, -0.2) is 0 Å². The molecule has 92 valence electrons. The monoisotopic (exact) mass is 233 g/mol. The molecule has 2 rings (SSSR count). The van der Waals surface area contributed by atoms with Crippen LogP contribution < -0.4 is 5.32 Å². The molecule has 1 aromatic rings. The van der Waals surface area contributed by atoms with E-state index >= 15 is 0 Å². The highest BCUT2D eigenvalue weighted by molar-refractivity contribution is 5.78. The Bertz CT molecular complexity index is 362. The summed E-state index contributed by atoms with van der Waals surface area (Å²) in [6, 6.07) is 4.42. The molecule has 1 aromatic heterocycles. The van der Waals surface area contributed by atoms with Crippen molar-refractivity contribution in [3.8, 4) is 0 Å². The molecule has 4 heteroatoms. The molecule has 0 saturated heterocycles. The minimum atomic E-state index is 0.212. The van der Waals surface area contributed by atoms with Crippen LogP contribution in [0.1, 0.15) is 25.3 Å². The first-order valence-electron chi connectivity index (χ1n) is 6.20. The van der Waals surface area contributed by atoms with Crippen molar-refractivity contribution in [3.63, 3.8) is 0 Å². The number of carbonyl (C=O) groups is 1. The lowest BCUT2D eigenvalue weighted by atomic mass is 10.3. The van der Waals surface area contributed by atoms with Crippen molar-refractivity contribution in [2.45, 2.75) is 32.4 Å². The zero-order valence-corrected chi connectivity index (χ0v) is 10.2. The Balaban J connectivity index is 1.72. The maximum atomic E-state index is 11.9. The predicted octanol–water partition coefficient (Wildman–Crippen LogP) is 1.18. The van der Waals surface area contributed by atoms with Crippen LogP contribution in [-0.2, 0) is 11.3 Å². The van der Waals surface area contributed by atoms with Crippen LogP contribution in [-0.4, -0.2) is 34.9 Å². The van der Waals surface area contributed by atoms with Crippen LogP contribution in [0.25, 0.3) is 0 Å². The summed E-state index contributed by atoms with van der Waals surface area (Å²) in [4.78, 5) is 17.8. The summed E-state index contributed by atoms with van der Waals surface area (Å²) in [5, 5.41) is 3.18. The normalized spacial score (nSPS) is 14.6. The summed E-state index contributed by atoms with van der Waals surface area (Å²) < 4.78 is 0. The van der Waals surface area contributed by atoms with Gasteiger partial charge in [-0.3, -0.25) is 9.78 Å². The number of hydrogen-bond donors (Lipinski definition) is 1. The maximum absolute atomic E-state index is 11.9. The SMILES string of the molecule is CCN(C(=O)CNCc1ccncc1)C1CC1. The van der Waals surface area contributed by atoms with Gasteiger partial charge in [0.25, 0.3) is 0 Å². The third-order valence-electron chi connectivity index (χ3n) is 3.00. The average molecular weight is 233 g/mol. The zero-order chi connectivity index (χ0) is 12.1. The number of aromatic nitrogens is 1. The largest absolute Gasteiger partial charge is 0.339 e. The highest BCUT2D eigenvalue weighted by atomic mass is 16.2. The quantitative estimate of drug-likeness (QED) is 0.802. The first-order valence-corrected chi connectivity index (χ1v) is 6.20. The average Bonchev–Trinajstić information content (AvgIpc) is 3.16. The molecule has 0 aliphatic heterocycles. The smallest absolute Gasteiger partial charge is 0.236 e. The molecule has 1 amide bonds. The highest BCUT2D eigenvalue weighted by Crippen LogP contribution is 2.26. The Kier molecular flexibility index (Phi) is 4.09. The van der Waals surface area contributed by atoms with Gasteiger partial charge in [0.05, 0.1) is 6.54 Å². The summed E-state index contributed by atoms with van der Waals surface area (Å²) in [6.07, 6.45) is 5.87. The van der Waals surface area contributed by atoms with E-state index in [1.165, 1.54) is 12.8 Å². The number of nitrogens with zero attached hydrogens (tertiary/aromatic N) is 2. The van der Waals surface area contributed by atoms with E-state index in [2.05, 4.69) is 10.3 Å². The predicted molar refractivity (Wildman–Crippen MR) is 66.4 cm³/mol. The van der Waals surface area contributed by atoms with E-state index in [4.69, 9.17) is 0 Å². The Morgan fingerprint density at radius 1 is 1.47 bits per heavy atom. The van der Waals surface area contributed by atoms with E-state index in [9.17, 15) is 4.79 Å². The molecular weight excluding hydrogens is 214 g/mol. The summed E-state index contributed by atoms with van der Waals surface area (Å²) in [5.41, 5.74) is 1.15. The van der Waals surface area contributed by atoms with Gasteiger partial charge in [-0.05, 0) is 37.5 Å². The number of likely N-dealkylation sites (N-methyl/N-ethyl adjacent to an activating group) is 1. The van der Waals surface area contributed by atoms with E-state index in [1.54, 1.807) is 12.4 Å². The second-order valence-corrected chi connectivity index (χ2v) is 4.37. The van der Waals surface area contributed by atoms with Crippen molar-refractivity contribution >= 4 is 5.91 Å². The number of rotatable bonds is 6. The van der Waals surface area contributed by atoms with Gasteiger partial charge in [0.15, 0.2) is 0 Å². The number of pyridine rings is 1. The molecule has 1 N–H and O–H groups in total. The number of hydrogen-bond acceptors (Lipinski definition) is 3. The minimum Gasteiger partial charge on any atom is -0.339 e. The van der Waals surface area contributed by atoms with E-state index in [1.807, 2.05) is 24.0 Å². The molecule has 1 saturated carbocycles. The van der Waals surface area contributed by atoms with Crippen LogP contribution in [0.3, 0.4) is 0 Å². The third-order valence-corrected chi connectivity index (χ3v) is 3.00. The molecule has 0 radical (unpaired) electrons. The topological polar surface area (TPSA) is 45.2 Å². The van der Waals surface area contributed by atoms with Crippen LogP contribution >= 0.6 is 0 Å². The fourth-order valence-electron chi connectivity index (χ4n) is 1.94. The Morgan fingerprint density at radius 2 is 2.18 bits per heavy atom. The molecule has 1 aliphatic rings. The zero-order valence-electron chi connectivity index (χ0n) is 10.2. The third kappa shape index (κ3) is 3.53. The van der Waals surface area contributed by atoms with Gasteiger partial charge in [-0.2, -0.15) is 0 Å². The van der Waals surface area contributed by atoms with Crippen LogP contribution in [0.4, 0.5) is 0 Å². The molecule has 1 heterocycles. The number of nitrogens with one attached hydrogen (secondary N) is 1. The van der Waals surface area contributed by atoms with Crippen molar-refractivity contribution in [3.05, 3.63) is 30.1 Å². The lowest BCUT2D eigenvalue weighted by Crippen LogP contribution is -2.39. The molecular formula is C13H19N3O. The van der Waals surface area contributed by atoms with Crippen molar-refractivity contribution < 1.29 is 4.79 Å². The van der Waals surface area contributed by atoms with Crippen molar-refractivity contribution in [2.75, 3.05) is 13.1 Å². The fourth-order valence-corrected chi connectivity index (χ4v) is 1.94. The van der Waals surface area contributed by atoms with Crippen LogP contribution in [0.15, 0.2) is 24.5 Å². The Hall–Kier alpha value is -1.42. The van der Waals surface area contributed by atoms with Crippen LogP contribution in [0.2, 0.25) is 0 Å². The molecule has 0 aromatic carbocycles. The Morgan fingerprint density at radius 3 is 2.76 bits per heavy atom. The van der Waals surface area contributed by atoms with Gasteiger partial charge in [0.1, 0.15) is 0 Å². The first-order chi connectivity index (χ1) is 8.31. The molecule has 17 heavy (non-hydrogen) atoms. The van der Waals surface area contributed by atoms with Gasteiger partial charge < -0.3 is 10.2 Å². The van der Waals surface area contributed by atoms with Crippen LogP contribution in [0.5, 0.6) is 0 Å². The Labute approximate surface area is 102 Å². The molecule has 0 unspecified atom stereocenters. The van der Waals surface area contributed by atoms with Gasteiger partial charge >= 0.3 is 0 Å². The van der Waals surface area contributed by atoms with Gasteiger partial charge in [-0.1, -0.05) is 0 Å². The summed E-state index contributed by atoms with van der Waals surface area (Å²) in [5.74, 6) is 0.212. The van der Waals surface area contributed by atoms with Gasteiger partial charge in [0.2, 0.25) is 5.91 Å². The lowest BCUT2D eigenvalue weighted by molar-refractivity contribution is -0.130. The second-order valence-electron chi connectivity index (χ2n) is 4.37. The molecule has 4 nitrogen and oxygen atoms in total. The van der Waals surface area contributed by atoms with Crippen molar-refractivity contribution in [2.24, 2.45) is 0 Å². The number of carbonyl (C=O) groups excluding carboxylic acids is 1. The lowest BCUT2D eigenvalue weighted by Gasteiger charge is -2.20. The molecule has 1 aliphatic carbocycles. The van der Waals surface area contributed by atoms with Crippen LogP contribution in [0, 0.1) is 0 Å². The standard InChI is InChI=1S/C13H19N3O/c1-2-16(12-3-4-12)13(17)10-15-9-11-5-7-14-8-6-11/h5-8,12,15H,2-4,9-10H2,1H3. The van der Waals surface area contributed by atoms with E-state index in [-0.39, 0.29) is 5.91 Å². The van der Waals surface area contributed by atoms with E-state index < -0.39 is 0 Å². The summed E-state index contributed by atoms with van der Waals surface area (Å²) in [6.45, 7) is 4.00. The molecule has 0 atom stereocenters. The second kappa shape index (κ2) is 5.77. The molecule has 0 bridgehead atoms.